The molecule has 2 aromatic rings. The summed E-state index contributed by atoms with van der Waals surface area (Å²) in [5.41, 5.74) is 0.485. The number of ether oxygens (including phenoxy) is 1. The Kier molecular flexibility index (Phi) is 4.74. The van der Waals surface area contributed by atoms with Gasteiger partial charge >= 0.3 is 5.97 Å². The second kappa shape index (κ2) is 6.97. The number of hydrogen-bond donors (Lipinski definition) is 1. The Morgan fingerprint density at radius 3 is 2.48 bits per heavy atom. The van der Waals surface area contributed by atoms with E-state index in [1.165, 1.54) is 0 Å². The first-order valence-electron chi connectivity index (χ1n) is 8.28. The van der Waals surface area contributed by atoms with Crippen molar-refractivity contribution in [3.05, 3.63) is 65.7 Å². The van der Waals surface area contributed by atoms with Gasteiger partial charge in [0.1, 0.15) is 12.4 Å². The van der Waals surface area contributed by atoms with Gasteiger partial charge < -0.3 is 14.7 Å². The highest BCUT2D eigenvalue weighted by Gasteiger charge is 2.42. The number of benzene rings is 2. The number of carbonyl (C=O) groups excluding carboxylic acids is 1. The summed E-state index contributed by atoms with van der Waals surface area (Å²) in [4.78, 5) is 25.9. The van der Waals surface area contributed by atoms with Gasteiger partial charge in [-0.05, 0) is 31.5 Å². The molecule has 1 aliphatic rings. The lowest BCUT2D eigenvalue weighted by Crippen LogP contribution is -2.35. The molecule has 1 atom stereocenters. The lowest BCUT2D eigenvalue weighted by Gasteiger charge is -2.21. The number of aliphatic carboxylic acids is 1. The highest BCUT2D eigenvalue weighted by atomic mass is 16.5. The van der Waals surface area contributed by atoms with Crippen LogP contribution in [0.5, 0.6) is 5.75 Å². The third-order valence-corrected chi connectivity index (χ3v) is 4.66. The fourth-order valence-electron chi connectivity index (χ4n) is 3.01. The smallest absolute Gasteiger partial charge is 0.311 e. The number of carboxylic acids is 1. The SMILES string of the molecule is CC1(C(=O)O)CCN(C(=O)c2ccccc2COc2ccccc2)C1. The van der Waals surface area contributed by atoms with Crippen LogP contribution in [0.4, 0.5) is 0 Å². The first-order valence-corrected chi connectivity index (χ1v) is 8.28. The van der Waals surface area contributed by atoms with Gasteiger partial charge in [-0.15, -0.1) is 0 Å². The molecule has 2 aromatic carbocycles. The lowest BCUT2D eigenvalue weighted by atomic mass is 9.90. The molecule has 0 saturated carbocycles. The van der Waals surface area contributed by atoms with Crippen molar-refractivity contribution in [2.45, 2.75) is 20.0 Å². The second-order valence-corrected chi connectivity index (χ2v) is 6.60. The summed E-state index contributed by atoms with van der Waals surface area (Å²) in [5, 5.41) is 9.35. The Balaban J connectivity index is 1.74. The van der Waals surface area contributed by atoms with E-state index in [-0.39, 0.29) is 19.1 Å². The van der Waals surface area contributed by atoms with Gasteiger partial charge in [0.2, 0.25) is 0 Å². The molecule has 5 nitrogen and oxygen atoms in total. The maximum Gasteiger partial charge on any atom is 0.311 e. The fourth-order valence-corrected chi connectivity index (χ4v) is 3.01. The van der Waals surface area contributed by atoms with Gasteiger partial charge in [0.15, 0.2) is 0 Å². The molecule has 0 aliphatic carbocycles. The van der Waals surface area contributed by atoms with Gasteiger partial charge in [0.05, 0.1) is 5.41 Å². The van der Waals surface area contributed by atoms with Crippen LogP contribution in [0.1, 0.15) is 29.3 Å². The zero-order valence-corrected chi connectivity index (χ0v) is 14.1. The summed E-state index contributed by atoms with van der Waals surface area (Å²) in [6, 6.07) is 16.7. The Morgan fingerprint density at radius 2 is 1.80 bits per heavy atom. The molecule has 25 heavy (non-hydrogen) atoms. The molecule has 1 N–H and O–H groups in total. The summed E-state index contributed by atoms with van der Waals surface area (Å²) in [6.45, 7) is 2.66. The molecule has 130 valence electrons. The van der Waals surface area contributed by atoms with E-state index in [0.29, 0.717) is 18.5 Å². The number of rotatable bonds is 5. The van der Waals surface area contributed by atoms with Crippen molar-refractivity contribution in [3.63, 3.8) is 0 Å². The number of hydrogen-bond acceptors (Lipinski definition) is 3. The van der Waals surface area contributed by atoms with Crippen LogP contribution in [0, 0.1) is 5.41 Å². The van der Waals surface area contributed by atoms with Crippen LogP contribution in [0.15, 0.2) is 54.6 Å². The van der Waals surface area contributed by atoms with Gasteiger partial charge in [0, 0.05) is 24.2 Å². The normalized spacial score (nSPS) is 19.6. The highest BCUT2D eigenvalue weighted by Crippen LogP contribution is 2.31. The Labute approximate surface area is 146 Å². The van der Waals surface area contributed by atoms with Crippen LogP contribution in [0.25, 0.3) is 0 Å². The van der Waals surface area contributed by atoms with E-state index in [2.05, 4.69) is 0 Å². The van der Waals surface area contributed by atoms with Gasteiger partial charge in [0.25, 0.3) is 5.91 Å². The molecule has 3 rings (SSSR count). The number of carboxylic acid groups (broad SMARTS) is 1. The van der Waals surface area contributed by atoms with Gasteiger partial charge in [-0.25, -0.2) is 0 Å². The average molecular weight is 339 g/mol. The molecule has 1 saturated heterocycles. The first kappa shape index (κ1) is 17.0. The van der Waals surface area contributed by atoms with E-state index in [1.807, 2.05) is 48.5 Å². The van der Waals surface area contributed by atoms with Gasteiger partial charge in [-0.1, -0.05) is 36.4 Å². The minimum Gasteiger partial charge on any atom is -0.489 e. The molecule has 1 aliphatic heterocycles. The van der Waals surface area contributed by atoms with Crippen LogP contribution in [0.3, 0.4) is 0 Å². The number of likely N-dealkylation sites (tertiary alicyclic amines) is 1. The highest BCUT2D eigenvalue weighted by molar-refractivity contribution is 5.96. The van der Waals surface area contributed by atoms with Gasteiger partial charge in [-0.3, -0.25) is 9.59 Å². The molecule has 5 heteroatoms. The van der Waals surface area contributed by atoms with Crippen molar-refractivity contribution in [3.8, 4) is 5.75 Å². The predicted octanol–water partition coefficient (Wildman–Crippen LogP) is 3.20. The molecule has 1 amide bonds. The minimum atomic E-state index is -0.870. The van der Waals surface area contributed by atoms with E-state index >= 15 is 0 Å². The third-order valence-electron chi connectivity index (χ3n) is 4.66. The number of amides is 1. The Morgan fingerprint density at radius 1 is 1.12 bits per heavy atom. The number of nitrogens with zero attached hydrogens (tertiary/aromatic N) is 1. The molecule has 1 fully saturated rings. The largest absolute Gasteiger partial charge is 0.489 e. The fraction of sp³-hybridized carbons (Fsp3) is 0.300. The topological polar surface area (TPSA) is 66.8 Å². The summed E-state index contributed by atoms with van der Waals surface area (Å²) < 4.78 is 5.76. The van der Waals surface area contributed by atoms with Gasteiger partial charge in [-0.2, -0.15) is 0 Å². The quantitative estimate of drug-likeness (QED) is 0.908. The summed E-state index contributed by atoms with van der Waals surface area (Å²) in [7, 11) is 0. The zero-order valence-electron chi connectivity index (χ0n) is 14.1. The Hall–Kier alpha value is -2.82. The molecule has 0 spiro atoms. The molecule has 0 aromatic heterocycles. The summed E-state index contributed by atoms with van der Waals surface area (Å²) >= 11 is 0. The van der Waals surface area contributed by atoms with E-state index < -0.39 is 11.4 Å². The van der Waals surface area contributed by atoms with Crippen molar-refractivity contribution in [1.29, 1.82) is 0 Å². The zero-order chi connectivity index (χ0) is 17.9. The molecule has 0 bridgehead atoms. The van der Waals surface area contributed by atoms with Crippen molar-refractivity contribution < 1.29 is 19.4 Å². The molecular weight excluding hydrogens is 318 g/mol. The monoisotopic (exact) mass is 339 g/mol. The van der Waals surface area contributed by atoms with Crippen molar-refractivity contribution in [2.75, 3.05) is 13.1 Å². The van der Waals surface area contributed by atoms with Crippen LogP contribution in [-0.2, 0) is 11.4 Å². The van der Waals surface area contributed by atoms with Crippen molar-refractivity contribution in [1.82, 2.24) is 4.90 Å². The molecule has 0 radical (unpaired) electrons. The van der Waals surface area contributed by atoms with Crippen molar-refractivity contribution >= 4 is 11.9 Å². The molecular formula is C20H21NO4. The Bertz CT molecular complexity index is 774. The van der Waals surface area contributed by atoms with Crippen LogP contribution in [-0.4, -0.2) is 35.0 Å². The van der Waals surface area contributed by atoms with Crippen LogP contribution >= 0.6 is 0 Å². The van der Waals surface area contributed by atoms with Crippen LogP contribution < -0.4 is 4.74 Å². The van der Waals surface area contributed by atoms with E-state index in [9.17, 15) is 14.7 Å². The maximum absolute atomic E-state index is 12.9. The third kappa shape index (κ3) is 3.65. The van der Waals surface area contributed by atoms with Crippen LogP contribution in [0.2, 0.25) is 0 Å². The summed E-state index contributed by atoms with van der Waals surface area (Å²) in [6.07, 6.45) is 0.469. The minimum absolute atomic E-state index is 0.141. The van der Waals surface area contributed by atoms with E-state index in [0.717, 1.165) is 11.3 Å². The molecule has 1 unspecified atom stereocenters. The standard InChI is InChI=1S/C20H21NO4/c1-20(19(23)24)11-12-21(14-20)18(22)17-10-6-5-7-15(17)13-25-16-8-3-2-4-9-16/h2-10H,11-14H2,1H3,(H,23,24). The van der Waals surface area contributed by atoms with E-state index in [4.69, 9.17) is 4.74 Å². The number of para-hydroxylation sites is 1. The average Bonchev–Trinajstić information content (AvgIpc) is 3.04. The van der Waals surface area contributed by atoms with E-state index in [1.54, 1.807) is 17.9 Å². The second-order valence-electron chi connectivity index (χ2n) is 6.60. The maximum atomic E-state index is 12.9. The molecule has 1 heterocycles. The number of carbonyl (C=O) groups is 2. The van der Waals surface area contributed by atoms with Crippen molar-refractivity contribution in [2.24, 2.45) is 5.41 Å². The summed E-state index contributed by atoms with van der Waals surface area (Å²) in [5.74, 6) is -0.259. The predicted molar refractivity (Wildman–Crippen MR) is 93.5 cm³/mol. The lowest BCUT2D eigenvalue weighted by molar-refractivity contribution is -0.147. The first-order chi connectivity index (χ1) is 12.0.